The first kappa shape index (κ1) is 11.6. The van der Waals surface area contributed by atoms with Crippen molar-refractivity contribution in [2.24, 2.45) is 0 Å². The van der Waals surface area contributed by atoms with Crippen LogP contribution in [0.25, 0.3) is 0 Å². The smallest absolute Gasteiger partial charge is 0.248 e. The van der Waals surface area contributed by atoms with Crippen molar-refractivity contribution in [3.05, 3.63) is 12.1 Å². The highest BCUT2D eigenvalue weighted by Crippen LogP contribution is 2.13. The van der Waals surface area contributed by atoms with E-state index in [4.69, 9.17) is 10.8 Å². The van der Waals surface area contributed by atoms with Gasteiger partial charge in [-0.05, 0) is 12.1 Å². The predicted molar refractivity (Wildman–Crippen MR) is 62.3 cm³/mol. The number of nitrogen functional groups attached to an aromatic ring is 1. The Labute approximate surface area is 98.8 Å². The third-order valence-electron chi connectivity index (χ3n) is 2.76. The Morgan fingerprint density at radius 3 is 2.53 bits per heavy atom. The molecule has 1 amide bonds. The molecule has 0 unspecified atom stereocenters. The lowest BCUT2D eigenvalue weighted by Gasteiger charge is -2.34. The average molecular weight is 237 g/mol. The van der Waals surface area contributed by atoms with E-state index in [0.717, 1.165) is 5.82 Å². The highest BCUT2D eigenvalue weighted by Gasteiger charge is 2.21. The van der Waals surface area contributed by atoms with Crippen LogP contribution in [0, 0.1) is 0 Å². The molecule has 0 spiro atoms. The molecule has 0 aliphatic carbocycles. The molecule has 0 radical (unpaired) electrons. The number of hydrogen-bond donors (Lipinski definition) is 2. The molecule has 2 heterocycles. The molecule has 7 nitrogen and oxygen atoms in total. The molecule has 0 atom stereocenters. The van der Waals surface area contributed by atoms with Gasteiger partial charge in [0.05, 0.1) is 0 Å². The fourth-order valence-corrected chi connectivity index (χ4v) is 1.79. The van der Waals surface area contributed by atoms with Crippen LogP contribution in [0.1, 0.15) is 0 Å². The first-order chi connectivity index (χ1) is 8.20. The van der Waals surface area contributed by atoms with Gasteiger partial charge in [-0.3, -0.25) is 4.79 Å². The zero-order chi connectivity index (χ0) is 12.3. The van der Waals surface area contributed by atoms with Gasteiger partial charge < -0.3 is 20.6 Å². The standard InChI is InChI=1S/C10H15N5O2/c11-8-1-2-9(13-12-8)14-3-5-15(6-4-14)10(17)7-16/h1-2,16H,3-7H2,(H2,11,12). The Balaban J connectivity index is 1.95. The minimum Gasteiger partial charge on any atom is -0.387 e. The molecule has 0 saturated carbocycles. The molecule has 1 aliphatic rings. The zero-order valence-electron chi connectivity index (χ0n) is 9.41. The van der Waals surface area contributed by atoms with Gasteiger partial charge in [-0.1, -0.05) is 0 Å². The Kier molecular flexibility index (Phi) is 3.38. The molecule has 1 saturated heterocycles. The number of rotatable bonds is 2. The number of nitrogens with zero attached hydrogens (tertiary/aromatic N) is 4. The molecule has 0 bridgehead atoms. The first-order valence-corrected chi connectivity index (χ1v) is 5.43. The van der Waals surface area contributed by atoms with E-state index in [1.54, 1.807) is 11.0 Å². The molecular weight excluding hydrogens is 222 g/mol. The fourth-order valence-electron chi connectivity index (χ4n) is 1.79. The number of nitrogens with two attached hydrogens (primary N) is 1. The lowest BCUT2D eigenvalue weighted by atomic mass is 10.3. The van der Waals surface area contributed by atoms with Crippen molar-refractivity contribution >= 4 is 17.5 Å². The van der Waals surface area contributed by atoms with Gasteiger partial charge in [0.1, 0.15) is 12.4 Å². The molecule has 7 heteroatoms. The summed E-state index contributed by atoms with van der Waals surface area (Å²) < 4.78 is 0. The highest BCUT2D eigenvalue weighted by molar-refractivity contribution is 5.77. The summed E-state index contributed by atoms with van der Waals surface area (Å²) in [6.45, 7) is 2.12. The van der Waals surface area contributed by atoms with Gasteiger partial charge in [0.2, 0.25) is 5.91 Å². The number of anilines is 2. The third kappa shape index (κ3) is 2.62. The second-order valence-electron chi connectivity index (χ2n) is 3.84. The molecule has 1 aliphatic heterocycles. The van der Waals surface area contributed by atoms with Gasteiger partial charge in [0.15, 0.2) is 5.82 Å². The van der Waals surface area contributed by atoms with E-state index in [-0.39, 0.29) is 5.91 Å². The molecule has 92 valence electrons. The Morgan fingerprint density at radius 1 is 1.29 bits per heavy atom. The van der Waals surface area contributed by atoms with E-state index < -0.39 is 6.61 Å². The number of hydrogen-bond acceptors (Lipinski definition) is 6. The van der Waals surface area contributed by atoms with Gasteiger partial charge in [-0.25, -0.2) is 0 Å². The zero-order valence-corrected chi connectivity index (χ0v) is 9.41. The van der Waals surface area contributed by atoms with E-state index in [9.17, 15) is 4.79 Å². The topological polar surface area (TPSA) is 95.6 Å². The van der Waals surface area contributed by atoms with Gasteiger partial charge in [-0.2, -0.15) is 0 Å². The van der Waals surface area contributed by atoms with Gasteiger partial charge in [-0.15, -0.1) is 10.2 Å². The Bertz CT molecular complexity index is 386. The highest BCUT2D eigenvalue weighted by atomic mass is 16.3. The average Bonchev–Trinajstić information content (AvgIpc) is 2.39. The minimum absolute atomic E-state index is 0.229. The van der Waals surface area contributed by atoms with Crippen LogP contribution in [0.2, 0.25) is 0 Å². The molecule has 1 fully saturated rings. The van der Waals surface area contributed by atoms with E-state index in [0.29, 0.717) is 32.0 Å². The molecule has 1 aromatic heterocycles. The normalized spacial score (nSPS) is 16.1. The number of carbonyl (C=O) groups is 1. The summed E-state index contributed by atoms with van der Waals surface area (Å²) in [6, 6.07) is 3.51. The Hall–Kier alpha value is -1.89. The molecule has 0 aromatic carbocycles. The summed E-state index contributed by atoms with van der Waals surface area (Å²) in [6.07, 6.45) is 0. The van der Waals surface area contributed by atoms with Crippen molar-refractivity contribution < 1.29 is 9.90 Å². The van der Waals surface area contributed by atoms with Gasteiger partial charge in [0.25, 0.3) is 0 Å². The number of aliphatic hydroxyl groups is 1. The third-order valence-corrected chi connectivity index (χ3v) is 2.76. The van der Waals surface area contributed by atoms with Crippen LogP contribution in [0.5, 0.6) is 0 Å². The number of amides is 1. The van der Waals surface area contributed by atoms with Crippen LogP contribution in [0.15, 0.2) is 12.1 Å². The fraction of sp³-hybridized carbons (Fsp3) is 0.500. The van der Waals surface area contributed by atoms with Crippen molar-refractivity contribution in [1.82, 2.24) is 15.1 Å². The van der Waals surface area contributed by atoms with E-state index in [2.05, 4.69) is 10.2 Å². The van der Waals surface area contributed by atoms with Gasteiger partial charge >= 0.3 is 0 Å². The maximum absolute atomic E-state index is 11.3. The van der Waals surface area contributed by atoms with Crippen molar-refractivity contribution in [3.8, 4) is 0 Å². The largest absolute Gasteiger partial charge is 0.387 e. The van der Waals surface area contributed by atoms with E-state index >= 15 is 0 Å². The van der Waals surface area contributed by atoms with Crippen LogP contribution in [0.4, 0.5) is 11.6 Å². The van der Waals surface area contributed by atoms with Crippen molar-refractivity contribution in [2.75, 3.05) is 43.4 Å². The number of carbonyl (C=O) groups excluding carboxylic acids is 1. The van der Waals surface area contributed by atoms with Crippen LogP contribution in [-0.4, -0.2) is 58.9 Å². The second kappa shape index (κ2) is 4.96. The molecule has 3 N–H and O–H groups in total. The van der Waals surface area contributed by atoms with Crippen molar-refractivity contribution in [3.63, 3.8) is 0 Å². The summed E-state index contributed by atoms with van der Waals surface area (Å²) in [5.74, 6) is 0.922. The summed E-state index contributed by atoms with van der Waals surface area (Å²) >= 11 is 0. The predicted octanol–water partition coefficient (Wildman–Crippen LogP) is -1.30. The van der Waals surface area contributed by atoms with E-state index in [1.165, 1.54) is 0 Å². The summed E-state index contributed by atoms with van der Waals surface area (Å²) in [5.41, 5.74) is 5.46. The lowest BCUT2D eigenvalue weighted by Crippen LogP contribution is -2.49. The van der Waals surface area contributed by atoms with Crippen molar-refractivity contribution in [2.45, 2.75) is 0 Å². The SMILES string of the molecule is Nc1ccc(N2CCN(C(=O)CO)CC2)nn1. The van der Waals surface area contributed by atoms with Crippen LogP contribution >= 0.6 is 0 Å². The summed E-state index contributed by atoms with van der Waals surface area (Å²) in [5, 5.41) is 16.5. The number of aliphatic hydroxyl groups excluding tert-OH is 1. The van der Waals surface area contributed by atoms with Crippen molar-refractivity contribution in [1.29, 1.82) is 0 Å². The minimum atomic E-state index is -0.429. The molecule has 17 heavy (non-hydrogen) atoms. The maximum Gasteiger partial charge on any atom is 0.248 e. The van der Waals surface area contributed by atoms with Crippen LogP contribution in [0.3, 0.4) is 0 Å². The first-order valence-electron chi connectivity index (χ1n) is 5.43. The maximum atomic E-state index is 11.3. The molecule has 1 aromatic rings. The lowest BCUT2D eigenvalue weighted by molar-refractivity contribution is -0.134. The summed E-state index contributed by atoms with van der Waals surface area (Å²) in [7, 11) is 0. The Morgan fingerprint density at radius 2 is 2.00 bits per heavy atom. The van der Waals surface area contributed by atoms with Crippen LogP contribution in [-0.2, 0) is 4.79 Å². The van der Waals surface area contributed by atoms with E-state index in [1.807, 2.05) is 11.0 Å². The quantitative estimate of drug-likeness (QED) is 0.663. The molecular formula is C10H15N5O2. The molecule has 2 rings (SSSR count). The monoisotopic (exact) mass is 237 g/mol. The van der Waals surface area contributed by atoms with Crippen LogP contribution < -0.4 is 10.6 Å². The number of aromatic nitrogens is 2. The summed E-state index contributed by atoms with van der Waals surface area (Å²) in [4.78, 5) is 14.9. The van der Waals surface area contributed by atoms with Gasteiger partial charge in [0, 0.05) is 26.2 Å². The number of piperazine rings is 1. The second-order valence-corrected chi connectivity index (χ2v) is 3.84.